The maximum atomic E-state index is 13.0. The van der Waals surface area contributed by atoms with Crippen molar-refractivity contribution in [1.82, 2.24) is 9.36 Å². The third-order valence-corrected chi connectivity index (χ3v) is 7.21. The van der Waals surface area contributed by atoms with E-state index < -0.39 is 15.3 Å². The van der Waals surface area contributed by atoms with E-state index in [2.05, 4.69) is 14.7 Å². The lowest BCUT2D eigenvalue weighted by atomic mass is 10.1. The number of benzene rings is 2. The minimum absolute atomic E-state index is 0.0158. The molecule has 0 unspecified atom stereocenters. The fourth-order valence-corrected chi connectivity index (χ4v) is 5.19. The maximum Gasteiger partial charge on any atom is 0.242 e. The molecule has 1 amide bonds. The second-order valence-corrected chi connectivity index (χ2v) is 9.95. The third kappa shape index (κ3) is 5.32. The summed E-state index contributed by atoms with van der Waals surface area (Å²) in [6.07, 6.45) is 1.89. The first kappa shape index (κ1) is 20.8. The number of rotatable bonds is 7. The van der Waals surface area contributed by atoms with Crippen LogP contribution in [0.2, 0.25) is 0 Å². The van der Waals surface area contributed by atoms with E-state index in [-0.39, 0.29) is 10.8 Å². The number of hydrogen-bond acceptors (Lipinski definition) is 8. The molecular formula is C17H16N4O3S4. The van der Waals surface area contributed by atoms with Crippen LogP contribution < -0.4 is 10.5 Å². The van der Waals surface area contributed by atoms with E-state index in [4.69, 9.17) is 5.14 Å². The molecule has 1 atom stereocenters. The Kier molecular flexibility index (Phi) is 6.73. The number of nitrogens with one attached hydrogen (secondary N) is 1. The van der Waals surface area contributed by atoms with Crippen molar-refractivity contribution in [2.45, 2.75) is 19.6 Å². The molecule has 0 saturated carbocycles. The zero-order valence-electron chi connectivity index (χ0n) is 14.6. The van der Waals surface area contributed by atoms with Crippen LogP contribution in [0, 0.1) is 0 Å². The van der Waals surface area contributed by atoms with Gasteiger partial charge in [0.05, 0.1) is 4.90 Å². The predicted octanol–water partition coefficient (Wildman–Crippen LogP) is 3.38. The molecule has 2 aromatic carbocycles. The predicted molar refractivity (Wildman–Crippen MR) is 113 cm³/mol. The van der Waals surface area contributed by atoms with Gasteiger partial charge in [0.15, 0.2) is 4.34 Å². The summed E-state index contributed by atoms with van der Waals surface area (Å²) in [5.41, 5.74) is 1.30. The summed E-state index contributed by atoms with van der Waals surface area (Å²) in [6, 6.07) is 15.1. The number of nitrogens with zero attached hydrogens (tertiary/aromatic N) is 2. The van der Waals surface area contributed by atoms with E-state index in [1.165, 1.54) is 59.3 Å². The Balaban J connectivity index is 1.82. The van der Waals surface area contributed by atoms with E-state index in [1.807, 2.05) is 36.6 Å². The van der Waals surface area contributed by atoms with Gasteiger partial charge in [0, 0.05) is 5.69 Å². The molecule has 1 heterocycles. The number of hydrogen-bond donors (Lipinski definition) is 2. The van der Waals surface area contributed by atoms with E-state index in [1.54, 1.807) is 0 Å². The standard InChI is InChI=1S/C17H16N4O3S4/c1-25-16-20-17(27-21-16)26-14(11-5-3-2-4-6-11)15(22)19-12-7-9-13(10-8-12)28(18,23)24/h2-10,14H,1H3,(H,19,22)(H2,18,23,24)/t14-/m1/s1. The van der Waals surface area contributed by atoms with Crippen LogP contribution in [0.5, 0.6) is 0 Å². The fourth-order valence-electron chi connectivity index (χ4n) is 2.27. The molecule has 0 bridgehead atoms. The highest BCUT2D eigenvalue weighted by atomic mass is 32.2. The Hall–Kier alpha value is -1.92. The smallest absolute Gasteiger partial charge is 0.242 e. The van der Waals surface area contributed by atoms with Gasteiger partial charge in [-0.25, -0.2) is 18.5 Å². The Morgan fingerprint density at radius 2 is 1.82 bits per heavy atom. The number of carbonyl (C=O) groups excluding carboxylic acids is 1. The van der Waals surface area contributed by atoms with Crippen LogP contribution in [0.4, 0.5) is 5.69 Å². The largest absolute Gasteiger partial charge is 0.325 e. The summed E-state index contributed by atoms with van der Waals surface area (Å²) in [5.74, 6) is -0.250. The van der Waals surface area contributed by atoms with Crippen LogP contribution in [-0.4, -0.2) is 29.9 Å². The Morgan fingerprint density at radius 1 is 1.14 bits per heavy atom. The van der Waals surface area contributed by atoms with E-state index in [0.29, 0.717) is 15.2 Å². The lowest BCUT2D eigenvalue weighted by Crippen LogP contribution is -2.19. The summed E-state index contributed by atoms with van der Waals surface area (Å²) in [5, 5.41) is 8.04. The molecule has 0 fully saturated rings. The molecule has 3 rings (SSSR count). The lowest BCUT2D eigenvalue weighted by Gasteiger charge is -2.15. The number of anilines is 1. The number of sulfonamides is 1. The van der Waals surface area contributed by atoms with Crippen LogP contribution in [-0.2, 0) is 14.8 Å². The van der Waals surface area contributed by atoms with Crippen LogP contribution in [0.15, 0.2) is 69.0 Å². The van der Waals surface area contributed by atoms with Gasteiger partial charge in [-0.3, -0.25) is 4.79 Å². The van der Waals surface area contributed by atoms with Crippen molar-refractivity contribution >= 4 is 56.7 Å². The summed E-state index contributed by atoms with van der Waals surface area (Å²) in [6.45, 7) is 0. The van der Waals surface area contributed by atoms with Gasteiger partial charge in [0.2, 0.25) is 21.1 Å². The SMILES string of the molecule is CSc1nsc(S[C@@H](C(=O)Nc2ccc(S(N)(=O)=O)cc2)c2ccccc2)n1. The van der Waals surface area contributed by atoms with E-state index in [0.717, 1.165) is 5.56 Å². The van der Waals surface area contributed by atoms with E-state index in [9.17, 15) is 13.2 Å². The van der Waals surface area contributed by atoms with Crippen molar-refractivity contribution in [1.29, 1.82) is 0 Å². The minimum Gasteiger partial charge on any atom is -0.325 e. The number of thioether (sulfide) groups is 2. The highest BCUT2D eigenvalue weighted by Gasteiger charge is 2.24. The lowest BCUT2D eigenvalue weighted by molar-refractivity contribution is -0.115. The van der Waals surface area contributed by atoms with Crippen molar-refractivity contribution in [3.8, 4) is 0 Å². The average molecular weight is 453 g/mol. The molecule has 0 radical (unpaired) electrons. The Bertz CT molecular complexity index is 1050. The van der Waals surface area contributed by atoms with Crippen molar-refractivity contribution < 1.29 is 13.2 Å². The maximum absolute atomic E-state index is 13.0. The van der Waals surface area contributed by atoms with Gasteiger partial charge < -0.3 is 5.32 Å². The molecule has 146 valence electrons. The quantitative estimate of drug-likeness (QED) is 0.528. The van der Waals surface area contributed by atoms with Crippen molar-refractivity contribution in [2.24, 2.45) is 5.14 Å². The molecule has 1 aromatic heterocycles. The van der Waals surface area contributed by atoms with Gasteiger partial charge in [-0.1, -0.05) is 53.9 Å². The zero-order chi connectivity index (χ0) is 20.1. The minimum atomic E-state index is -3.78. The van der Waals surface area contributed by atoms with Gasteiger partial charge in [-0.15, -0.1) is 0 Å². The first-order chi connectivity index (χ1) is 13.4. The molecular weight excluding hydrogens is 436 g/mol. The number of primary sulfonamides is 1. The molecule has 0 aliphatic heterocycles. The monoisotopic (exact) mass is 452 g/mol. The van der Waals surface area contributed by atoms with Crippen LogP contribution in [0.25, 0.3) is 0 Å². The van der Waals surface area contributed by atoms with Gasteiger partial charge in [0.25, 0.3) is 0 Å². The zero-order valence-corrected chi connectivity index (χ0v) is 17.9. The average Bonchev–Trinajstić information content (AvgIpc) is 3.14. The molecule has 0 aliphatic carbocycles. The summed E-state index contributed by atoms with van der Waals surface area (Å²) >= 11 is 4.00. The molecule has 0 saturated heterocycles. The van der Waals surface area contributed by atoms with Gasteiger partial charge in [-0.2, -0.15) is 4.37 Å². The fraction of sp³-hybridized carbons (Fsp3) is 0.118. The molecule has 0 aliphatic rings. The highest BCUT2D eigenvalue weighted by Crippen LogP contribution is 2.37. The first-order valence-corrected chi connectivity index (χ1v) is 12.3. The summed E-state index contributed by atoms with van der Waals surface area (Å²) < 4.78 is 27.6. The van der Waals surface area contributed by atoms with Gasteiger partial charge in [0.1, 0.15) is 5.25 Å². The molecule has 3 aromatic rings. The third-order valence-electron chi connectivity index (χ3n) is 3.58. The van der Waals surface area contributed by atoms with Crippen molar-refractivity contribution in [2.75, 3.05) is 11.6 Å². The second kappa shape index (κ2) is 9.05. The van der Waals surface area contributed by atoms with Crippen LogP contribution in [0.3, 0.4) is 0 Å². The van der Waals surface area contributed by atoms with Gasteiger partial charge in [-0.05, 0) is 47.6 Å². The van der Waals surface area contributed by atoms with Crippen LogP contribution in [0.1, 0.15) is 10.8 Å². The van der Waals surface area contributed by atoms with Crippen molar-refractivity contribution in [3.63, 3.8) is 0 Å². The number of amides is 1. The summed E-state index contributed by atoms with van der Waals surface area (Å²) in [7, 11) is -3.78. The number of nitrogens with two attached hydrogens (primary N) is 1. The van der Waals surface area contributed by atoms with Crippen molar-refractivity contribution in [3.05, 3.63) is 60.2 Å². The molecule has 28 heavy (non-hydrogen) atoms. The topological polar surface area (TPSA) is 115 Å². The summed E-state index contributed by atoms with van der Waals surface area (Å²) in [4.78, 5) is 17.3. The molecule has 7 nitrogen and oxygen atoms in total. The highest BCUT2D eigenvalue weighted by molar-refractivity contribution is 8.02. The molecule has 3 N–H and O–H groups in total. The Morgan fingerprint density at radius 3 is 2.39 bits per heavy atom. The molecule has 11 heteroatoms. The molecule has 0 spiro atoms. The van der Waals surface area contributed by atoms with E-state index >= 15 is 0 Å². The second-order valence-electron chi connectivity index (χ2n) is 5.51. The number of aromatic nitrogens is 2. The Labute approximate surface area is 175 Å². The first-order valence-electron chi connectivity index (χ1n) is 7.90. The van der Waals surface area contributed by atoms with Crippen LogP contribution >= 0.6 is 35.1 Å². The normalized spacial score (nSPS) is 12.5. The van der Waals surface area contributed by atoms with Gasteiger partial charge >= 0.3 is 0 Å². The number of carbonyl (C=O) groups is 1.